The molecular weight excluding hydrogens is 250 g/mol. The molecule has 2 atom stereocenters. The third kappa shape index (κ3) is 3.34. The topological polar surface area (TPSA) is 49.6 Å². The van der Waals surface area contributed by atoms with Crippen LogP contribution in [0.2, 0.25) is 0 Å². The number of carbonyl (C=O) groups is 1. The van der Waals surface area contributed by atoms with Crippen molar-refractivity contribution in [2.45, 2.75) is 51.0 Å². The summed E-state index contributed by atoms with van der Waals surface area (Å²) in [6.07, 6.45) is 8.09. The molecule has 3 fully saturated rings. The Morgan fingerprint density at radius 2 is 1.70 bits per heavy atom. The third-order valence-electron chi connectivity index (χ3n) is 5.46. The van der Waals surface area contributed by atoms with Gasteiger partial charge in [-0.25, -0.2) is 0 Å². The van der Waals surface area contributed by atoms with Crippen LogP contribution in [-0.4, -0.2) is 54.5 Å². The monoisotopic (exact) mass is 279 g/mol. The first kappa shape index (κ1) is 14.3. The van der Waals surface area contributed by atoms with Gasteiger partial charge in [0.05, 0.1) is 0 Å². The molecule has 4 heteroatoms. The molecule has 0 spiro atoms. The van der Waals surface area contributed by atoms with Crippen molar-refractivity contribution in [2.75, 3.05) is 32.7 Å². The predicted octanol–water partition coefficient (Wildman–Crippen LogP) is 1.45. The molecule has 0 aromatic carbocycles. The number of hydrogen-bond donors (Lipinski definition) is 1. The molecule has 1 amide bonds. The molecule has 1 saturated carbocycles. The Labute approximate surface area is 122 Å². The molecule has 3 aliphatic rings. The first-order valence-corrected chi connectivity index (χ1v) is 8.49. The fourth-order valence-corrected chi connectivity index (χ4v) is 4.17. The van der Waals surface area contributed by atoms with Gasteiger partial charge in [0.25, 0.3) is 0 Å². The number of rotatable bonds is 3. The number of piperidine rings is 1. The molecule has 0 aromatic rings. The van der Waals surface area contributed by atoms with E-state index in [4.69, 9.17) is 5.73 Å². The van der Waals surface area contributed by atoms with Crippen LogP contribution in [-0.2, 0) is 4.79 Å². The number of likely N-dealkylation sites (tertiary alicyclic amines) is 2. The molecule has 0 aromatic heterocycles. The average molecular weight is 279 g/mol. The van der Waals surface area contributed by atoms with Crippen molar-refractivity contribution in [1.29, 1.82) is 0 Å². The van der Waals surface area contributed by atoms with Crippen molar-refractivity contribution in [3.63, 3.8) is 0 Å². The van der Waals surface area contributed by atoms with Crippen LogP contribution >= 0.6 is 0 Å². The lowest BCUT2D eigenvalue weighted by Crippen LogP contribution is -2.43. The van der Waals surface area contributed by atoms with E-state index in [2.05, 4.69) is 9.80 Å². The van der Waals surface area contributed by atoms with Crippen molar-refractivity contribution in [1.82, 2.24) is 9.80 Å². The van der Waals surface area contributed by atoms with Crippen LogP contribution in [0.1, 0.15) is 44.9 Å². The fourth-order valence-electron chi connectivity index (χ4n) is 4.17. The summed E-state index contributed by atoms with van der Waals surface area (Å²) in [7, 11) is 0. The predicted molar refractivity (Wildman–Crippen MR) is 80.3 cm³/mol. The summed E-state index contributed by atoms with van der Waals surface area (Å²) in [4.78, 5) is 17.2. The maximum Gasteiger partial charge on any atom is 0.225 e. The van der Waals surface area contributed by atoms with E-state index >= 15 is 0 Å². The molecule has 4 nitrogen and oxygen atoms in total. The maximum absolute atomic E-state index is 12.5. The van der Waals surface area contributed by atoms with E-state index in [1.807, 2.05) is 0 Å². The number of amides is 1. The first-order chi connectivity index (χ1) is 9.72. The van der Waals surface area contributed by atoms with E-state index in [-0.39, 0.29) is 12.0 Å². The molecule has 2 unspecified atom stereocenters. The zero-order valence-electron chi connectivity index (χ0n) is 12.6. The maximum atomic E-state index is 12.5. The summed E-state index contributed by atoms with van der Waals surface area (Å²) in [5.74, 6) is 1.42. The zero-order chi connectivity index (χ0) is 13.9. The van der Waals surface area contributed by atoms with Crippen LogP contribution in [0, 0.1) is 11.8 Å². The number of nitrogens with zero attached hydrogens (tertiary/aromatic N) is 2. The van der Waals surface area contributed by atoms with Gasteiger partial charge in [-0.2, -0.15) is 0 Å². The van der Waals surface area contributed by atoms with E-state index in [0.717, 1.165) is 38.3 Å². The van der Waals surface area contributed by atoms with Crippen molar-refractivity contribution in [2.24, 2.45) is 17.6 Å². The molecular formula is C16H29N3O. The number of hydrogen-bond acceptors (Lipinski definition) is 3. The lowest BCUT2D eigenvalue weighted by molar-refractivity contribution is -0.136. The highest BCUT2D eigenvalue weighted by Gasteiger charge is 2.33. The SMILES string of the molecule is NC1CCC(C(=O)N2CCC(CN3CCCC3)CC2)C1. The Morgan fingerprint density at radius 3 is 2.30 bits per heavy atom. The highest BCUT2D eigenvalue weighted by molar-refractivity contribution is 5.79. The number of carbonyl (C=O) groups excluding carboxylic acids is 1. The van der Waals surface area contributed by atoms with Crippen LogP contribution < -0.4 is 5.73 Å². The van der Waals surface area contributed by atoms with Gasteiger partial charge in [0.1, 0.15) is 0 Å². The first-order valence-electron chi connectivity index (χ1n) is 8.49. The minimum atomic E-state index is 0.222. The minimum Gasteiger partial charge on any atom is -0.342 e. The summed E-state index contributed by atoms with van der Waals surface area (Å²) in [6.45, 7) is 5.79. The summed E-state index contributed by atoms with van der Waals surface area (Å²) in [6, 6.07) is 0.261. The van der Waals surface area contributed by atoms with Crippen LogP contribution in [0.5, 0.6) is 0 Å². The zero-order valence-corrected chi connectivity index (χ0v) is 12.6. The average Bonchev–Trinajstić information content (AvgIpc) is 3.10. The van der Waals surface area contributed by atoms with Gasteiger partial charge in [0.2, 0.25) is 5.91 Å². The molecule has 0 radical (unpaired) electrons. The van der Waals surface area contributed by atoms with Crippen LogP contribution in [0.4, 0.5) is 0 Å². The Bertz CT molecular complexity index is 333. The molecule has 0 bridgehead atoms. The molecule has 3 rings (SSSR count). The van der Waals surface area contributed by atoms with E-state index in [9.17, 15) is 4.79 Å². The Hall–Kier alpha value is -0.610. The van der Waals surface area contributed by atoms with E-state index < -0.39 is 0 Å². The van der Waals surface area contributed by atoms with Gasteiger partial charge < -0.3 is 15.5 Å². The summed E-state index contributed by atoms with van der Waals surface area (Å²) >= 11 is 0. The molecule has 2 heterocycles. The van der Waals surface area contributed by atoms with E-state index in [1.54, 1.807) is 0 Å². The van der Waals surface area contributed by atoms with Gasteiger partial charge in [0.15, 0.2) is 0 Å². The normalized spacial score (nSPS) is 33.0. The molecule has 2 aliphatic heterocycles. The minimum absolute atomic E-state index is 0.222. The van der Waals surface area contributed by atoms with Gasteiger partial charge in [-0.1, -0.05) is 0 Å². The smallest absolute Gasteiger partial charge is 0.225 e. The summed E-state index contributed by atoms with van der Waals surface area (Å²) in [5.41, 5.74) is 5.93. The van der Waals surface area contributed by atoms with Crippen molar-refractivity contribution >= 4 is 5.91 Å². The third-order valence-corrected chi connectivity index (χ3v) is 5.46. The standard InChI is InChI=1S/C16H29N3O/c17-15-4-3-14(11-15)16(20)19-9-5-13(6-10-19)12-18-7-1-2-8-18/h13-15H,1-12,17H2. The second kappa shape index (κ2) is 6.44. The van der Waals surface area contributed by atoms with Crippen LogP contribution in [0.3, 0.4) is 0 Å². The van der Waals surface area contributed by atoms with E-state index in [1.165, 1.54) is 45.3 Å². The van der Waals surface area contributed by atoms with E-state index in [0.29, 0.717) is 5.91 Å². The quantitative estimate of drug-likeness (QED) is 0.850. The fraction of sp³-hybridized carbons (Fsp3) is 0.938. The highest BCUT2D eigenvalue weighted by Crippen LogP contribution is 2.28. The Kier molecular flexibility index (Phi) is 4.61. The number of nitrogens with two attached hydrogens (primary N) is 1. The lowest BCUT2D eigenvalue weighted by Gasteiger charge is -2.35. The largest absolute Gasteiger partial charge is 0.342 e. The Morgan fingerprint density at radius 1 is 1.00 bits per heavy atom. The lowest BCUT2D eigenvalue weighted by atomic mass is 9.94. The molecule has 2 N–H and O–H groups in total. The van der Waals surface area contributed by atoms with Crippen molar-refractivity contribution in [3.8, 4) is 0 Å². The van der Waals surface area contributed by atoms with Gasteiger partial charge in [-0.05, 0) is 64.0 Å². The summed E-state index contributed by atoms with van der Waals surface area (Å²) < 4.78 is 0. The van der Waals surface area contributed by atoms with Crippen molar-refractivity contribution in [3.05, 3.63) is 0 Å². The molecule has 1 aliphatic carbocycles. The molecule has 114 valence electrons. The molecule has 20 heavy (non-hydrogen) atoms. The van der Waals surface area contributed by atoms with Gasteiger partial charge in [-0.15, -0.1) is 0 Å². The molecule has 2 saturated heterocycles. The second-order valence-electron chi connectivity index (χ2n) is 7.05. The second-order valence-corrected chi connectivity index (χ2v) is 7.05. The van der Waals surface area contributed by atoms with Gasteiger partial charge in [-0.3, -0.25) is 4.79 Å². The summed E-state index contributed by atoms with van der Waals surface area (Å²) in [5, 5.41) is 0. The van der Waals surface area contributed by atoms with Crippen LogP contribution in [0.25, 0.3) is 0 Å². The Balaban J connectivity index is 1.42. The van der Waals surface area contributed by atoms with Crippen molar-refractivity contribution < 1.29 is 4.79 Å². The van der Waals surface area contributed by atoms with Gasteiger partial charge in [0, 0.05) is 31.6 Å². The highest BCUT2D eigenvalue weighted by atomic mass is 16.2. The van der Waals surface area contributed by atoms with Gasteiger partial charge >= 0.3 is 0 Å². The van der Waals surface area contributed by atoms with Crippen LogP contribution in [0.15, 0.2) is 0 Å².